The van der Waals surface area contributed by atoms with Gasteiger partial charge in [-0.05, 0) is 25.0 Å². The molecule has 0 bridgehead atoms. The number of hydrogen-bond acceptors (Lipinski definition) is 4. The lowest BCUT2D eigenvalue weighted by Crippen LogP contribution is -2.38. The van der Waals surface area contributed by atoms with E-state index in [1.54, 1.807) is 12.4 Å². The quantitative estimate of drug-likeness (QED) is 0.374. The summed E-state index contributed by atoms with van der Waals surface area (Å²) in [6.07, 6.45) is -0.135. The molecule has 2 aromatic rings. The van der Waals surface area contributed by atoms with Crippen molar-refractivity contribution in [2.24, 2.45) is 4.99 Å². The van der Waals surface area contributed by atoms with Gasteiger partial charge in [0.15, 0.2) is 11.7 Å². The maximum absolute atomic E-state index is 12.5. The van der Waals surface area contributed by atoms with Crippen LogP contribution in [-0.2, 0) is 19.1 Å². The van der Waals surface area contributed by atoms with Crippen LogP contribution < -0.4 is 10.6 Å². The lowest BCUT2D eigenvalue weighted by atomic mass is 10.2. The molecule has 0 radical (unpaired) electrons. The average molecular weight is 485 g/mol. The molecule has 0 fully saturated rings. The van der Waals surface area contributed by atoms with E-state index in [4.69, 9.17) is 0 Å². The van der Waals surface area contributed by atoms with Crippen molar-refractivity contribution in [3.8, 4) is 0 Å². The molecule has 0 saturated heterocycles. The molecule has 0 atom stereocenters. The van der Waals surface area contributed by atoms with E-state index in [2.05, 4.69) is 25.6 Å². The van der Waals surface area contributed by atoms with Crippen molar-refractivity contribution in [2.45, 2.75) is 26.1 Å². The fourth-order valence-corrected chi connectivity index (χ4v) is 2.60. The first-order chi connectivity index (χ1) is 11.5. The smallest absolute Gasteiger partial charge is 0.357 e. The fourth-order valence-electron chi connectivity index (χ4n) is 1.87. The van der Waals surface area contributed by atoms with Gasteiger partial charge in [0.1, 0.15) is 5.01 Å². The van der Waals surface area contributed by atoms with Gasteiger partial charge < -0.3 is 10.6 Å². The van der Waals surface area contributed by atoms with Crippen LogP contribution in [0.2, 0.25) is 0 Å². The summed E-state index contributed by atoms with van der Waals surface area (Å²) in [5, 5.41) is 7.53. The highest BCUT2D eigenvalue weighted by Crippen LogP contribution is 2.30. The molecule has 0 aliphatic rings. The highest BCUT2D eigenvalue weighted by Gasteiger charge is 2.33. The van der Waals surface area contributed by atoms with E-state index in [9.17, 15) is 13.2 Å². The summed E-state index contributed by atoms with van der Waals surface area (Å²) >= 11 is 0.955. The number of halogens is 4. The number of aromatic nitrogens is 2. The Morgan fingerprint density at radius 3 is 2.72 bits per heavy atom. The molecular formula is C15H19F3IN5S. The first-order valence-corrected chi connectivity index (χ1v) is 8.29. The molecule has 2 heterocycles. The predicted octanol–water partition coefficient (Wildman–Crippen LogP) is 3.47. The highest BCUT2D eigenvalue weighted by atomic mass is 127. The molecule has 0 spiro atoms. The van der Waals surface area contributed by atoms with Crippen LogP contribution in [0.3, 0.4) is 0 Å². The minimum Gasteiger partial charge on any atom is -0.357 e. The average Bonchev–Trinajstić information content (AvgIpc) is 3.03. The van der Waals surface area contributed by atoms with Gasteiger partial charge in [-0.15, -0.1) is 35.3 Å². The van der Waals surface area contributed by atoms with Crippen molar-refractivity contribution in [3.63, 3.8) is 0 Å². The Balaban J connectivity index is 0.00000312. The largest absolute Gasteiger partial charge is 0.434 e. The van der Waals surface area contributed by atoms with Gasteiger partial charge in [0.05, 0.1) is 6.54 Å². The zero-order valence-corrected chi connectivity index (χ0v) is 16.7. The monoisotopic (exact) mass is 485 g/mol. The summed E-state index contributed by atoms with van der Waals surface area (Å²) in [5.41, 5.74) is 0.225. The number of thiazole rings is 1. The summed E-state index contributed by atoms with van der Waals surface area (Å²) in [6.45, 7) is 3.32. The molecule has 0 aliphatic carbocycles. The Kier molecular flexibility index (Phi) is 9.11. The molecule has 2 rings (SSSR count). The van der Waals surface area contributed by atoms with E-state index in [1.807, 2.05) is 19.1 Å². The molecule has 0 aromatic carbocycles. The second-order valence-electron chi connectivity index (χ2n) is 4.86. The van der Waals surface area contributed by atoms with Gasteiger partial charge in [-0.25, -0.2) is 9.98 Å². The SMILES string of the molecule is CCNC(=NCc1nc(C(F)(F)F)cs1)NCCc1cccnc1.I. The van der Waals surface area contributed by atoms with Crippen LogP contribution in [0, 0.1) is 0 Å². The molecular weight excluding hydrogens is 466 g/mol. The number of pyridine rings is 1. The summed E-state index contributed by atoms with van der Waals surface area (Å²) in [6, 6.07) is 3.85. The zero-order valence-electron chi connectivity index (χ0n) is 13.5. The van der Waals surface area contributed by atoms with Crippen LogP contribution >= 0.6 is 35.3 Å². The molecule has 0 amide bonds. The first-order valence-electron chi connectivity index (χ1n) is 7.41. The molecule has 5 nitrogen and oxygen atoms in total. The van der Waals surface area contributed by atoms with Crippen LogP contribution in [0.1, 0.15) is 23.2 Å². The van der Waals surface area contributed by atoms with Crippen LogP contribution in [0.4, 0.5) is 13.2 Å². The predicted molar refractivity (Wildman–Crippen MR) is 103 cm³/mol. The first kappa shape index (κ1) is 21.6. The van der Waals surface area contributed by atoms with E-state index in [0.717, 1.165) is 28.7 Å². The summed E-state index contributed by atoms with van der Waals surface area (Å²) in [7, 11) is 0. The molecule has 2 N–H and O–H groups in total. The van der Waals surface area contributed by atoms with Gasteiger partial charge in [0.25, 0.3) is 0 Å². The van der Waals surface area contributed by atoms with E-state index in [0.29, 0.717) is 24.1 Å². The maximum Gasteiger partial charge on any atom is 0.434 e. The summed E-state index contributed by atoms with van der Waals surface area (Å²) in [5.74, 6) is 0.546. The lowest BCUT2D eigenvalue weighted by molar-refractivity contribution is -0.140. The van der Waals surface area contributed by atoms with Gasteiger partial charge >= 0.3 is 6.18 Å². The lowest BCUT2D eigenvalue weighted by Gasteiger charge is -2.10. The van der Waals surface area contributed by atoms with Crippen LogP contribution in [-0.4, -0.2) is 29.0 Å². The van der Waals surface area contributed by atoms with E-state index in [1.165, 1.54) is 0 Å². The molecule has 0 saturated carbocycles. The zero-order chi connectivity index (χ0) is 17.4. The van der Waals surface area contributed by atoms with Crippen molar-refractivity contribution in [3.05, 3.63) is 46.2 Å². The van der Waals surface area contributed by atoms with Crippen molar-refractivity contribution >= 4 is 41.3 Å². The minimum atomic E-state index is -4.41. The Bertz CT molecular complexity index is 661. The number of nitrogens with one attached hydrogen (secondary N) is 2. The van der Waals surface area contributed by atoms with E-state index >= 15 is 0 Å². The number of hydrogen-bond donors (Lipinski definition) is 2. The second-order valence-corrected chi connectivity index (χ2v) is 5.80. The third-order valence-corrected chi connectivity index (χ3v) is 3.82. The maximum atomic E-state index is 12.5. The number of rotatable bonds is 6. The van der Waals surface area contributed by atoms with Crippen molar-refractivity contribution < 1.29 is 13.2 Å². The molecule has 0 aliphatic heterocycles. The summed E-state index contributed by atoms with van der Waals surface area (Å²) < 4.78 is 37.6. The fraction of sp³-hybridized carbons (Fsp3) is 0.400. The topological polar surface area (TPSA) is 62.2 Å². The second kappa shape index (κ2) is 10.5. The van der Waals surface area contributed by atoms with Gasteiger partial charge in [0.2, 0.25) is 0 Å². The molecule has 0 unspecified atom stereocenters. The van der Waals surface area contributed by atoms with Crippen molar-refractivity contribution in [1.29, 1.82) is 0 Å². The van der Waals surface area contributed by atoms with Gasteiger partial charge in [0, 0.05) is 30.9 Å². The molecule has 10 heteroatoms. The van der Waals surface area contributed by atoms with E-state index < -0.39 is 11.9 Å². The van der Waals surface area contributed by atoms with Crippen LogP contribution in [0.5, 0.6) is 0 Å². The number of aliphatic imine (C=N–C) groups is 1. The normalized spacial score (nSPS) is 11.8. The highest BCUT2D eigenvalue weighted by molar-refractivity contribution is 14.0. The van der Waals surface area contributed by atoms with Gasteiger partial charge in [-0.1, -0.05) is 6.07 Å². The number of alkyl halides is 3. The van der Waals surface area contributed by atoms with Crippen LogP contribution in [0.15, 0.2) is 34.9 Å². The Labute approximate surface area is 165 Å². The summed E-state index contributed by atoms with van der Waals surface area (Å²) in [4.78, 5) is 11.9. The number of nitrogens with zero attached hydrogens (tertiary/aromatic N) is 3. The Morgan fingerprint density at radius 2 is 2.12 bits per heavy atom. The van der Waals surface area contributed by atoms with Crippen molar-refractivity contribution in [2.75, 3.05) is 13.1 Å². The Morgan fingerprint density at radius 1 is 1.32 bits per heavy atom. The van der Waals surface area contributed by atoms with Gasteiger partial charge in [-0.3, -0.25) is 4.98 Å². The number of guanidine groups is 1. The molecule has 25 heavy (non-hydrogen) atoms. The third kappa shape index (κ3) is 7.55. The van der Waals surface area contributed by atoms with E-state index in [-0.39, 0.29) is 30.5 Å². The molecule has 138 valence electrons. The standard InChI is InChI=1S/C15H18F3N5S.HI/c1-2-20-14(21-7-5-11-4-3-6-19-8-11)22-9-13-23-12(10-24-13)15(16,17)18;/h3-4,6,8,10H,2,5,7,9H2,1H3,(H2,20,21,22);1H. The Hall–Kier alpha value is -1.43. The van der Waals surface area contributed by atoms with Crippen molar-refractivity contribution in [1.82, 2.24) is 20.6 Å². The third-order valence-electron chi connectivity index (χ3n) is 2.99. The minimum absolute atomic E-state index is 0. The van der Waals surface area contributed by atoms with Gasteiger partial charge in [-0.2, -0.15) is 13.2 Å². The van der Waals surface area contributed by atoms with Crippen LogP contribution in [0.25, 0.3) is 0 Å². The molecule has 2 aromatic heterocycles.